The van der Waals surface area contributed by atoms with Crippen molar-refractivity contribution in [1.29, 1.82) is 0 Å². The fourth-order valence-corrected chi connectivity index (χ4v) is 1.96. The lowest BCUT2D eigenvalue weighted by Crippen LogP contribution is -2.24. The van der Waals surface area contributed by atoms with Gasteiger partial charge in [-0.25, -0.2) is 0 Å². The summed E-state index contributed by atoms with van der Waals surface area (Å²) in [6, 6.07) is 3.49. The van der Waals surface area contributed by atoms with Crippen LogP contribution in [0.5, 0.6) is 11.5 Å². The third kappa shape index (κ3) is 5.95. The molecule has 0 atom stereocenters. The van der Waals surface area contributed by atoms with Crippen LogP contribution in [-0.4, -0.2) is 39.4 Å². The van der Waals surface area contributed by atoms with E-state index >= 15 is 0 Å². The lowest BCUT2D eigenvalue weighted by Gasteiger charge is -2.15. The Balaban J connectivity index is 2.84. The van der Waals surface area contributed by atoms with Crippen LogP contribution in [0.25, 0.3) is 6.08 Å². The quantitative estimate of drug-likeness (QED) is 0.589. The molecule has 0 unspecified atom stereocenters. The molecule has 0 aliphatic rings. The van der Waals surface area contributed by atoms with E-state index in [1.165, 1.54) is 6.08 Å². The highest BCUT2D eigenvalue weighted by Gasteiger charge is 2.12. The Labute approximate surface area is 136 Å². The first-order chi connectivity index (χ1) is 10.5. The van der Waals surface area contributed by atoms with Gasteiger partial charge < -0.3 is 19.5 Å². The van der Waals surface area contributed by atoms with E-state index in [0.29, 0.717) is 29.7 Å². The second kappa shape index (κ2) is 9.33. The molecule has 0 saturated heterocycles. The van der Waals surface area contributed by atoms with Crippen molar-refractivity contribution >= 4 is 23.6 Å². The summed E-state index contributed by atoms with van der Waals surface area (Å²) in [5.74, 6) is 0.830. The molecule has 0 fully saturated rings. The Kier molecular flexibility index (Phi) is 7.77. The number of ether oxygens (including phenoxy) is 3. The minimum atomic E-state index is -0.199. The molecular formula is C16H22ClNO4. The number of halogens is 1. The molecule has 122 valence electrons. The zero-order chi connectivity index (χ0) is 16.5. The van der Waals surface area contributed by atoms with E-state index in [4.69, 9.17) is 25.8 Å². The molecule has 0 radical (unpaired) electrons. The monoisotopic (exact) mass is 327 g/mol. The van der Waals surface area contributed by atoms with Crippen LogP contribution in [0.4, 0.5) is 0 Å². The first-order valence-electron chi connectivity index (χ1n) is 6.97. The largest absolute Gasteiger partial charge is 0.493 e. The number of carbonyl (C=O) groups is 1. The number of methoxy groups -OCH3 is 2. The van der Waals surface area contributed by atoms with Gasteiger partial charge in [0.1, 0.15) is 0 Å². The number of rotatable bonds is 8. The van der Waals surface area contributed by atoms with E-state index in [2.05, 4.69) is 5.32 Å². The van der Waals surface area contributed by atoms with Gasteiger partial charge in [0.2, 0.25) is 5.91 Å². The third-order valence-corrected chi connectivity index (χ3v) is 2.92. The Hall–Kier alpha value is -1.72. The number of nitrogens with one attached hydrogen (secondary N) is 1. The van der Waals surface area contributed by atoms with Crippen molar-refractivity contribution in [2.75, 3.05) is 27.4 Å². The predicted molar refractivity (Wildman–Crippen MR) is 87.7 cm³/mol. The highest BCUT2D eigenvalue weighted by Crippen LogP contribution is 2.37. The SMILES string of the molecule is COCCNC(=O)/C=C/c1cc(Cl)c(OC(C)C)c(OC)c1. The molecule has 22 heavy (non-hydrogen) atoms. The van der Waals surface area contributed by atoms with Crippen molar-refractivity contribution in [2.24, 2.45) is 0 Å². The number of amides is 1. The molecule has 0 aromatic heterocycles. The molecule has 1 aromatic rings. The lowest BCUT2D eigenvalue weighted by atomic mass is 10.2. The molecule has 0 aliphatic heterocycles. The zero-order valence-corrected chi connectivity index (χ0v) is 14.1. The summed E-state index contributed by atoms with van der Waals surface area (Å²) in [6.07, 6.45) is 3.08. The average Bonchev–Trinajstić information content (AvgIpc) is 2.47. The first-order valence-corrected chi connectivity index (χ1v) is 7.34. The van der Waals surface area contributed by atoms with Gasteiger partial charge in [0.15, 0.2) is 11.5 Å². The summed E-state index contributed by atoms with van der Waals surface area (Å²) in [5, 5.41) is 3.13. The third-order valence-electron chi connectivity index (χ3n) is 2.64. The minimum absolute atomic E-state index is 0.0145. The fourth-order valence-electron chi connectivity index (χ4n) is 1.69. The van der Waals surface area contributed by atoms with Crippen LogP contribution in [0.2, 0.25) is 5.02 Å². The maximum Gasteiger partial charge on any atom is 0.244 e. The Morgan fingerprint density at radius 1 is 1.36 bits per heavy atom. The van der Waals surface area contributed by atoms with E-state index in [0.717, 1.165) is 5.56 Å². The molecule has 0 heterocycles. The normalized spacial score (nSPS) is 11.0. The first kappa shape index (κ1) is 18.3. The molecule has 0 aliphatic carbocycles. The summed E-state index contributed by atoms with van der Waals surface area (Å²) < 4.78 is 15.8. The molecular weight excluding hydrogens is 306 g/mol. The molecule has 1 rings (SSSR count). The summed E-state index contributed by atoms with van der Waals surface area (Å²) in [5.41, 5.74) is 0.750. The van der Waals surface area contributed by atoms with Crippen LogP contribution in [0.15, 0.2) is 18.2 Å². The Bertz CT molecular complexity index is 529. The van der Waals surface area contributed by atoms with E-state index < -0.39 is 0 Å². The second-order valence-corrected chi connectivity index (χ2v) is 5.23. The number of carbonyl (C=O) groups excluding carboxylic acids is 1. The van der Waals surface area contributed by atoms with Crippen molar-refractivity contribution in [3.63, 3.8) is 0 Å². The van der Waals surface area contributed by atoms with Gasteiger partial charge in [0, 0.05) is 19.7 Å². The van der Waals surface area contributed by atoms with Crippen LogP contribution in [0.1, 0.15) is 19.4 Å². The molecule has 0 spiro atoms. The van der Waals surface area contributed by atoms with Gasteiger partial charge in [-0.2, -0.15) is 0 Å². The van der Waals surface area contributed by atoms with Crippen LogP contribution in [-0.2, 0) is 9.53 Å². The molecule has 0 saturated carbocycles. The Morgan fingerprint density at radius 2 is 2.09 bits per heavy atom. The van der Waals surface area contributed by atoms with Crippen molar-refractivity contribution in [2.45, 2.75) is 20.0 Å². The average molecular weight is 328 g/mol. The van der Waals surface area contributed by atoms with Crippen LogP contribution < -0.4 is 14.8 Å². The highest BCUT2D eigenvalue weighted by molar-refractivity contribution is 6.32. The topological polar surface area (TPSA) is 56.8 Å². The zero-order valence-electron chi connectivity index (χ0n) is 13.3. The summed E-state index contributed by atoms with van der Waals surface area (Å²) in [6.45, 7) is 4.76. The van der Waals surface area contributed by atoms with Gasteiger partial charge in [0.25, 0.3) is 0 Å². The second-order valence-electron chi connectivity index (χ2n) is 4.82. The fraction of sp³-hybridized carbons (Fsp3) is 0.438. The highest BCUT2D eigenvalue weighted by atomic mass is 35.5. The van der Waals surface area contributed by atoms with E-state index in [1.807, 2.05) is 13.8 Å². The van der Waals surface area contributed by atoms with E-state index in [1.54, 1.807) is 32.4 Å². The summed E-state index contributed by atoms with van der Waals surface area (Å²) in [7, 11) is 3.13. The molecule has 0 bridgehead atoms. The van der Waals surface area contributed by atoms with Crippen LogP contribution >= 0.6 is 11.6 Å². The van der Waals surface area contributed by atoms with Gasteiger partial charge in [-0.1, -0.05) is 11.6 Å². The van der Waals surface area contributed by atoms with Crippen LogP contribution in [0.3, 0.4) is 0 Å². The van der Waals surface area contributed by atoms with Gasteiger partial charge >= 0.3 is 0 Å². The smallest absolute Gasteiger partial charge is 0.244 e. The van der Waals surface area contributed by atoms with E-state index in [9.17, 15) is 4.79 Å². The van der Waals surface area contributed by atoms with Crippen molar-refractivity contribution in [3.8, 4) is 11.5 Å². The standard InChI is InChI=1S/C16H22ClNO4/c1-11(2)22-16-13(17)9-12(10-14(16)21-4)5-6-15(19)18-7-8-20-3/h5-6,9-11H,7-8H2,1-4H3,(H,18,19)/b6-5+. The lowest BCUT2D eigenvalue weighted by molar-refractivity contribution is -0.116. The van der Waals surface area contributed by atoms with Gasteiger partial charge in [-0.3, -0.25) is 4.79 Å². The van der Waals surface area contributed by atoms with Gasteiger partial charge in [0.05, 0.1) is 24.8 Å². The maximum absolute atomic E-state index is 11.6. The molecule has 6 heteroatoms. The summed E-state index contributed by atoms with van der Waals surface area (Å²) >= 11 is 6.22. The van der Waals surface area contributed by atoms with Crippen molar-refractivity contribution in [1.82, 2.24) is 5.32 Å². The van der Waals surface area contributed by atoms with E-state index in [-0.39, 0.29) is 12.0 Å². The summed E-state index contributed by atoms with van der Waals surface area (Å²) in [4.78, 5) is 11.6. The van der Waals surface area contributed by atoms with Gasteiger partial charge in [-0.05, 0) is 37.6 Å². The number of hydrogen-bond donors (Lipinski definition) is 1. The minimum Gasteiger partial charge on any atom is -0.493 e. The molecule has 1 aromatic carbocycles. The maximum atomic E-state index is 11.6. The van der Waals surface area contributed by atoms with Crippen LogP contribution in [0, 0.1) is 0 Å². The van der Waals surface area contributed by atoms with Gasteiger partial charge in [-0.15, -0.1) is 0 Å². The van der Waals surface area contributed by atoms with Crippen molar-refractivity contribution in [3.05, 3.63) is 28.8 Å². The van der Waals surface area contributed by atoms with Crippen molar-refractivity contribution < 1.29 is 19.0 Å². The predicted octanol–water partition coefficient (Wildman–Crippen LogP) is 2.91. The molecule has 1 amide bonds. The Morgan fingerprint density at radius 3 is 2.68 bits per heavy atom. The number of benzene rings is 1. The molecule has 5 nitrogen and oxygen atoms in total. The number of hydrogen-bond acceptors (Lipinski definition) is 4. The molecule has 1 N–H and O–H groups in total.